The molecule has 8 nitrogen and oxygen atoms in total. The summed E-state index contributed by atoms with van der Waals surface area (Å²) in [4.78, 5) is 4.25. The summed E-state index contributed by atoms with van der Waals surface area (Å²) in [7, 11) is 1.42. The Morgan fingerprint density at radius 2 is 1.85 bits per heavy atom. The van der Waals surface area contributed by atoms with E-state index in [1.807, 2.05) is 0 Å². The van der Waals surface area contributed by atoms with Gasteiger partial charge in [0.15, 0.2) is 5.82 Å². The molecule has 0 spiro atoms. The topological polar surface area (TPSA) is 118 Å². The number of H-pyrrole nitrogens is 1. The molecule has 64 valence electrons. The minimum absolute atomic E-state index is 0. The molecule has 13 heavy (non-hydrogen) atoms. The van der Waals surface area contributed by atoms with Crippen molar-refractivity contribution in [3.05, 3.63) is 33.2 Å². The van der Waals surface area contributed by atoms with Crippen molar-refractivity contribution in [1.82, 2.24) is 20.6 Å². The van der Waals surface area contributed by atoms with Gasteiger partial charge in [-0.2, -0.15) is 5.21 Å². The standard InChI is InChI=1S/C2H4N4.C2H3N.N3.Na/c1-2-3-5-6-4-2;2*1-3-2;/h1H3,(H,3,4,5,6);1H3;;/q;;-1;+1. The summed E-state index contributed by atoms with van der Waals surface area (Å²) in [6, 6.07) is 0. The van der Waals surface area contributed by atoms with E-state index < -0.39 is 0 Å². The largest absolute Gasteiger partial charge is 1.00 e. The molecule has 0 bridgehead atoms. The molecule has 0 aliphatic carbocycles. The van der Waals surface area contributed by atoms with Crippen LogP contribution in [0.15, 0.2) is 0 Å². The van der Waals surface area contributed by atoms with Crippen LogP contribution in [-0.2, 0) is 0 Å². The van der Waals surface area contributed by atoms with Gasteiger partial charge in [0.25, 0.3) is 0 Å². The monoisotopic (exact) mass is 190 g/mol. The smallest absolute Gasteiger partial charge is 0.373 e. The Bertz CT molecular complexity index is 242. The second-order valence-corrected chi connectivity index (χ2v) is 1.27. The molecule has 0 aliphatic rings. The molecule has 1 rings (SSSR count). The maximum atomic E-state index is 6.75. The number of aromatic nitrogens is 4. The van der Waals surface area contributed by atoms with Crippen molar-refractivity contribution >= 4 is 0 Å². The van der Waals surface area contributed by atoms with Crippen LogP contribution in [0.2, 0.25) is 0 Å². The number of aryl methyl sites for hydroxylation is 1. The second kappa shape index (κ2) is 17.1. The third kappa shape index (κ3) is 24.8. The predicted octanol–water partition coefficient (Wildman–Crippen LogP) is -2.09. The van der Waals surface area contributed by atoms with Gasteiger partial charge in [-0.3, -0.25) is 4.91 Å². The number of rotatable bonds is 0. The summed E-state index contributed by atoms with van der Waals surface area (Å²) in [5, 5.41) is 12.7. The van der Waals surface area contributed by atoms with Crippen molar-refractivity contribution in [2.75, 3.05) is 7.05 Å². The second-order valence-electron chi connectivity index (χ2n) is 1.27. The van der Waals surface area contributed by atoms with Crippen LogP contribution in [0.5, 0.6) is 0 Å². The first kappa shape index (κ1) is 17.8. The summed E-state index contributed by atoms with van der Waals surface area (Å²) < 4.78 is 0. The van der Waals surface area contributed by atoms with Gasteiger partial charge in [-0.1, -0.05) is 5.21 Å². The van der Waals surface area contributed by atoms with Gasteiger partial charge < -0.3 is 15.9 Å². The zero-order valence-electron chi connectivity index (χ0n) is 7.63. The first-order valence-electron chi connectivity index (χ1n) is 2.67. The third-order valence-electron chi connectivity index (χ3n) is 0.451. The molecule has 0 fully saturated rings. The van der Waals surface area contributed by atoms with Gasteiger partial charge in [-0.15, -0.1) is 10.2 Å². The first-order valence-corrected chi connectivity index (χ1v) is 2.67. The van der Waals surface area contributed by atoms with Gasteiger partial charge in [0.1, 0.15) is 0 Å². The van der Waals surface area contributed by atoms with Gasteiger partial charge in [-0.25, -0.2) is 6.57 Å². The molecule has 0 saturated heterocycles. The van der Waals surface area contributed by atoms with Crippen LogP contribution in [0, 0.1) is 13.5 Å². The van der Waals surface area contributed by atoms with Crippen LogP contribution >= 0.6 is 0 Å². The van der Waals surface area contributed by atoms with E-state index >= 15 is 0 Å². The zero-order valence-corrected chi connectivity index (χ0v) is 9.63. The van der Waals surface area contributed by atoms with E-state index in [1.165, 1.54) is 12.0 Å². The number of nitrogens with one attached hydrogen (secondary N) is 1. The number of nitrogens with zero attached hydrogens (tertiary/aromatic N) is 7. The summed E-state index contributed by atoms with van der Waals surface area (Å²) in [5.41, 5.74) is 13.5. The van der Waals surface area contributed by atoms with E-state index in [0.717, 1.165) is 0 Å². The van der Waals surface area contributed by atoms with Crippen molar-refractivity contribution in [1.29, 1.82) is 0 Å². The van der Waals surface area contributed by atoms with Crippen LogP contribution in [0.4, 0.5) is 0 Å². The molecule has 1 aromatic heterocycles. The predicted molar refractivity (Wildman–Crippen MR) is 41.5 cm³/mol. The molecule has 0 saturated carbocycles. The third-order valence-corrected chi connectivity index (χ3v) is 0.451. The number of aromatic amines is 1. The SMILES string of the molecule is Cc1nn[nH]n1.[C-]#[N+]C.[N-]=[N+]=[N-].[Na+]. The fourth-order valence-electron chi connectivity index (χ4n) is 0.212. The maximum absolute atomic E-state index is 6.75. The summed E-state index contributed by atoms with van der Waals surface area (Å²) in [6.45, 7) is 7.60. The van der Waals surface area contributed by atoms with Gasteiger partial charge in [-0.05, 0) is 6.92 Å². The van der Waals surface area contributed by atoms with Crippen LogP contribution in [0.25, 0.3) is 20.8 Å². The van der Waals surface area contributed by atoms with Gasteiger partial charge in [0, 0.05) is 0 Å². The molecule has 1 aromatic rings. The summed E-state index contributed by atoms with van der Waals surface area (Å²) in [6.07, 6.45) is 0. The Morgan fingerprint density at radius 1 is 1.46 bits per heavy atom. The molecule has 0 aliphatic heterocycles. The van der Waals surface area contributed by atoms with Crippen molar-refractivity contribution in [2.24, 2.45) is 0 Å². The molecule has 9 heteroatoms. The fraction of sp³-hybridized carbons (Fsp3) is 0.500. The van der Waals surface area contributed by atoms with Crippen molar-refractivity contribution in [3.63, 3.8) is 0 Å². The van der Waals surface area contributed by atoms with E-state index in [2.05, 4.69) is 25.5 Å². The van der Waals surface area contributed by atoms with Gasteiger partial charge in [0.05, 0.1) is 0 Å². The zero-order chi connectivity index (χ0) is 9.82. The van der Waals surface area contributed by atoms with E-state index in [-0.39, 0.29) is 29.6 Å². The average Bonchev–Trinajstić information content (AvgIpc) is 2.43. The van der Waals surface area contributed by atoms with Crippen LogP contribution in [-0.4, -0.2) is 27.7 Å². The van der Waals surface area contributed by atoms with Crippen LogP contribution < -0.4 is 29.6 Å². The average molecular weight is 190 g/mol. The quantitative estimate of drug-likeness (QED) is 0.166. The Kier molecular flexibility index (Phi) is 23.4. The fourth-order valence-corrected chi connectivity index (χ4v) is 0.212. The Hall–Kier alpha value is -1.13. The van der Waals surface area contributed by atoms with Gasteiger partial charge >= 0.3 is 29.6 Å². The van der Waals surface area contributed by atoms with Crippen LogP contribution in [0.1, 0.15) is 5.82 Å². The first-order chi connectivity index (χ1) is 5.72. The van der Waals surface area contributed by atoms with E-state index in [0.29, 0.717) is 5.82 Å². The Labute approximate surface area is 97.3 Å². The van der Waals surface area contributed by atoms with Crippen molar-refractivity contribution in [3.8, 4) is 0 Å². The minimum atomic E-state index is 0. The van der Waals surface area contributed by atoms with Gasteiger partial charge in [0.2, 0.25) is 7.05 Å². The van der Waals surface area contributed by atoms with E-state index in [9.17, 15) is 0 Å². The molecule has 0 atom stereocenters. The molecule has 1 heterocycles. The van der Waals surface area contributed by atoms with Crippen molar-refractivity contribution in [2.45, 2.75) is 6.92 Å². The number of hydrogen-bond acceptors (Lipinski definition) is 3. The molecule has 0 unspecified atom stereocenters. The minimum Gasteiger partial charge on any atom is -0.373 e. The van der Waals surface area contributed by atoms with E-state index in [1.54, 1.807) is 6.92 Å². The number of hydrogen-bond donors (Lipinski definition) is 1. The normalized spacial score (nSPS) is 5.31. The van der Waals surface area contributed by atoms with Crippen molar-refractivity contribution < 1.29 is 29.6 Å². The van der Waals surface area contributed by atoms with E-state index in [4.69, 9.17) is 17.6 Å². The molecule has 0 aromatic carbocycles. The number of tetrazole rings is 1. The molecule has 0 radical (unpaired) electrons. The Balaban J connectivity index is -0.000000126. The Morgan fingerprint density at radius 3 is 1.92 bits per heavy atom. The maximum Gasteiger partial charge on any atom is 1.00 e. The summed E-state index contributed by atoms with van der Waals surface area (Å²) >= 11 is 0. The molecular formula is C4H7N8Na. The van der Waals surface area contributed by atoms with Crippen LogP contribution in [0.3, 0.4) is 0 Å². The molecule has 1 N–H and O–H groups in total. The molecule has 0 amide bonds. The molecular weight excluding hydrogens is 183 g/mol. The summed E-state index contributed by atoms with van der Waals surface area (Å²) in [5.74, 6) is 0.676.